The lowest BCUT2D eigenvalue weighted by Crippen LogP contribution is -2.41. The summed E-state index contributed by atoms with van der Waals surface area (Å²) in [5.41, 5.74) is 3.61. The van der Waals surface area contributed by atoms with Crippen LogP contribution in [0.1, 0.15) is 28.3 Å². The molecule has 4 aromatic rings. The molecule has 0 radical (unpaired) electrons. The van der Waals surface area contributed by atoms with Crippen LogP contribution in [0.5, 0.6) is 28.7 Å². The standard InChI is InChI=1S/C33H33NO8/c1-20-14-33(36)42-28-17-23(8-9-24(20)28)41-19-26-25-18-31(40-5)30(39-4)16-22(25)12-13-34(26)32(35)11-7-21-6-10-27(37-2)29(15-21)38-3/h6-11,14-18,26H,12-13,19H2,1-5H3/b11-7+. The summed E-state index contributed by atoms with van der Waals surface area (Å²) < 4.78 is 33.4. The number of rotatable bonds is 9. The first kappa shape index (κ1) is 28.6. The molecule has 5 rings (SSSR count). The summed E-state index contributed by atoms with van der Waals surface area (Å²) in [5.74, 6) is 2.74. The van der Waals surface area contributed by atoms with Gasteiger partial charge in [0.25, 0.3) is 0 Å². The number of fused-ring (bicyclic) bond motifs is 2. The normalized spacial score (nSPS) is 14.5. The fourth-order valence-corrected chi connectivity index (χ4v) is 5.26. The van der Waals surface area contributed by atoms with E-state index in [1.165, 1.54) is 6.07 Å². The number of carbonyl (C=O) groups is 1. The smallest absolute Gasteiger partial charge is 0.336 e. The molecule has 0 bridgehead atoms. The van der Waals surface area contributed by atoms with Gasteiger partial charge in [-0.1, -0.05) is 6.07 Å². The molecule has 218 valence electrons. The van der Waals surface area contributed by atoms with Crippen LogP contribution in [0.15, 0.2) is 69.9 Å². The number of aryl methyl sites for hydroxylation is 1. The van der Waals surface area contributed by atoms with Crippen LogP contribution in [0.25, 0.3) is 17.0 Å². The maximum atomic E-state index is 13.6. The predicted molar refractivity (Wildman–Crippen MR) is 159 cm³/mol. The number of amides is 1. The van der Waals surface area contributed by atoms with Gasteiger partial charge in [-0.15, -0.1) is 0 Å². The summed E-state index contributed by atoms with van der Waals surface area (Å²) in [6, 6.07) is 15.8. The fraction of sp³-hybridized carbons (Fsp3) is 0.273. The minimum absolute atomic E-state index is 0.167. The molecule has 1 unspecified atom stereocenters. The Morgan fingerprint density at radius 3 is 2.36 bits per heavy atom. The Bertz CT molecular complexity index is 1710. The van der Waals surface area contributed by atoms with Gasteiger partial charge in [-0.3, -0.25) is 4.79 Å². The van der Waals surface area contributed by atoms with E-state index in [4.69, 9.17) is 28.1 Å². The third-order valence-corrected chi connectivity index (χ3v) is 7.44. The average Bonchev–Trinajstić information content (AvgIpc) is 3.01. The fourth-order valence-electron chi connectivity index (χ4n) is 5.26. The molecule has 0 saturated carbocycles. The molecule has 42 heavy (non-hydrogen) atoms. The van der Waals surface area contributed by atoms with Crippen molar-refractivity contribution < 1.29 is 32.9 Å². The van der Waals surface area contributed by atoms with E-state index in [0.29, 0.717) is 47.3 Å². The largest absolute Gasteiger partial charge is 0.493 e. The third-order valence-electron chi connectivity index (χ3n) is 7.44. The lowest BCUT2D eigenvalue weighted by atomic mass is 9.92. The van der Waals surface area contributed by atoms with E-state index < -0.39 is 11.7 Å². The Balaban J connectivity index is 1.46. The molecule has 0 saturated heterocycles. The van der Waals surface area contributed by atoms with Gasteiger partial charge >= 0.3 is 5.63 Å². The highest BCUT2D eigenvalue weighted by Gasteiger charge is 2.32. The molecular weight excluding hydrogens is 538 g/mol. The molecule has 9 nitrogen and oxygen atoms in total. The second-order valence-electron chi connectivity index (χ2n) is 9.87. The quantitative estimate of drug-likeness (QED) is 0.196. The number of benzene rings is 3. The summed E-state index contributed by atoms with van der Waals surface area (Å²) >= 11 is 0. The summed E-state index contributed by atoms with van der Waals surface area (Å²) in [6.45, 7) is 2.51. The van der Waals surface area contributed by atoms with Crippen LogP contribution in [0.2, 0.25) is 0 Å². The Hall–Kier alpha value is -4.92. The number of ether oxygens (including phenoxy) is 5. The maximum Gasteiger partial charge on any atom is 0.336 e. The van der Waals surface area contributed by atoms with Gasteiger partial charge < -0.3 is 33.0 Å². The second-order valence-corrected chi connectivity index (χ2v) is 9.87. The number of methoxy groups -OCH3 is 4. The van der Waals surface area contributed by atoms with Crippen molar-refractivity contribution in [1.82, 2.24) is 4.90 Å². The van der Waals surface area contributed by atoms with Crippen molar-refractivity contribution in [2.45, 2.75) is 19.4 Å². The molecule has 1 aliphatic heterocycles. The van der Waals surface area contributed by atoms with Gasteiger partial charge in [-0.05, 0) is 78.1 Å². The van der Waals surface area contributed by atoms with Crippen molar-refractivity contribution in [2.24, 2.45) is 0 Å². The zero-order valence-electron chi connectivity index (χ0n) is 24.3. The zero-order valence-corrected chi connectivity index (χ0v) is 24.3. The van der Waals surface area contributed by atoms with E-state index in [2.05, 4.69) is 0 Å². The highest BCUT2D eigenvalue weighted by atomic mass is 16.5. The van der Waals surface area contributed by atoms with Crippen molar-refractivity contribution in [1.29, 1.82) is 0 Å². The van der Waals surface area contributed by atoms with Gasteiger partial charge in [0.05, 0.1) is 34.5 Å². The second kappa shape index (κ2) is 12.3. The molecule has 0 N–H and O–H groups in total. The minimum atomic E-state index is -0.420. The number of carbonyl (C=O) groups excluding carboxylic acids is 1. The van der Waals surface area contributed by atoms with E-state index >= 15 is 0 Å². The first-order valence-corrected chi connectivity index (χ1v) is 13.5. The van der Waals surface area contributed by atoms with Crippen molar-refractivity contribution >= 4 is 23.0 Å². The van der Waals surface area contributed by atoms with Crippen LogP contribution >= 0.6 is 0 Å². The van der Waals surface area contributed by atoms with Gasteiger partial charge in [0.2, 0.25) is 5.91 Å². The molecule has 1 aromatic heterocycles. The molecule has 2 heterocycles. The first-order chi connectivity index (χ1) is 20.3. The van der Waals surface area contributed by atoms with Gasteiger partial charge in [0.1, 0.15) is 17.9 Å². The Labute approximate surface area is 243 Å². The van der Waals surface area contributed by atoms with Crippen LogP contribution in [-0.2, 0) is 11.2 Å². The van der Waals surface area contributed by atoms with Crippen molar-refractivity contribution in [3.8, 4) is 28.7 Å². The highest BCUT2D eigenvalue weighted by molar-refractivity contribution is 5.92. The van der Waals surface area contributed by atoms with Crippen LogP contribution in [0.4, 0.5) is 0 Å². The SMILES string of the molecule is COc1ccc(/C=C/C(=O)N2CCc3cc(OC)c(OC)cc3C2COc2ccc3c(C)cc(=O)oc3c2)cc1OC. The van der Waals surface area contributed by atoms with E-state index in [-0.39, 0.29) is 12.5 Å². The number of nitrogens with zero attached hydrogens (tertiary/aromatic N) is 1. The van der Waals surface area contributed by atoms with E-state index in [0.717, 1.165) is 27.6 Å². The highest BCUT2D eigenvalue weighted by Crippen LogP contribution is 2.39. The van der Waals surface area contributed by atoms with Crippen molar-refractivity contribution in [3.63, 3.8) is 0 Å². The van der Waals surface area contributed by atoms with Crippen molar-refractivity contribution in [3.05, 3.63) is 93.3 Å². The van der Waals surface area contributed by atoms with Gasteiger partial charge in [-0.2, -0.15) is 0 Å². The minimum Gasteiger partial charge on any atom is -0.493 e. The monoisotopic (exact) mass is 571 g/mol. The molecule has 0 fully saturated rings. The Kier molecular flexibility index (Phi) is 8.38. The van der Waals surface area contributed by atoms with E-state index in [9.17, 15) is 9.59 Å². The topological polar surface area (TPSA) is 96.7 Å². The van der Waals surface area contributed by atoms with Crippen molar-refractivity contribution in [2.75, 3.05) is 41.6 Å². The molecule has 0 spiro atoms. The summed E-state index contributed by atoms with van der Waals surface area (Å²) in [6.07, 6.45) is 3.94. The Morgan fingerprint density at radius 2 is 1.62 bits per heavy atom. The summed E-state index contributed by atoms with van der Waals surface area (Å²) in [4.78, 5) is 27.3. The Morgan fingerprint density at radius 1 is 0.905 bits per heavy atom. The van der Waals surface area contributed by atoms with Crippen LogP contribution in [0.3, 0.4) is 0 Å². The molecule has 1 amide bonds. The average molecular weight is 572 g/mol. The number of hydrogen-bond donors (Lipinski definition) is 0. The zero-order chi connectivity index (χ0) is 29.8. The molecule has 3 aromatic carbocycles. The molecular formula is C33H33NO8. The van der Waals surface area contributed by atoms with E-state index in [1.807, 2.05) is 43.3 Å². The lowest BCUT2D eigenvalue weighted by molar-refractivity contribution is -0.129. The maximum absolute atomic E-state index is 13.6. The molecule has 1 atom stereocenters. The molecule has 1 aliphatic rings. The lowest BCUT2D eigenvalue weighted by Gasteiger charge is -2.37. The molecule has 0 aliphatic carbocycles. The van der Waals surface area contributed by atoms with E-state index in [1.54, 1.807) is 57.6 Å². The van der Waals surface area contributed by atoms with Crippen LogP contribution < -0.4 is 29.3 Å². The van der Waals surface area contributed by atoms with Gasteiger partial charge in [0, 0.05) is 30.1 Å². The van der Waals surface area contributed by atoms with Crippen LogP contribution in [-0.4, -0.2) is 52.4 Å². The first-order valence-electron chi connectivity index (χ1n) is 13.5. The van der Waals surface area contributed by atoms with Gasteiger partial charge in [-0.25, -0.2) is 4.79 Å². The third kappa shape index (κ3) is 5.76. The van der Waals surface area contributed by atoms with Gasteiger partial charge in [0.15, 0.2) is 23.0 Å². The summed E-state index contributed by atoms with van der Waals surface area (Å²) in [7, 11) is 6.33. The van der Waals surface area contributed by atoms with Crippen LogP contribution in [0, 0.1) is 6.92 Å². The predicted octanol–water partition coefficient (Wildman–Crippen LogP) is 5.35. The summed E-state index contributed by atoms with van der Waals surface area (Å²) in [5, 5.41) is 0.832. The molecule has 9 heteroatoms. The number of hydrogen-bond acceptors (Lipinski definition) is 8.